The van der Waals surface area contributed by atoms with Crippen LogP contribution in [0.3, 0.4) is 0 Å². The van der Waals surface area contributed by atoms with Crippen molar-refractivity contribution in [3.05, 3.63) is 32.6 Å². The van der Waals surface area contributed by atoms with E-state index in [1.807, 2.05) is 0 Å². The number of hydrogen-bond acceptors (Lipinski definition) is 3. The zero-order valence-corrected chi connectivity index (χ0v) is 8.76. The molecule has 1 aromatic heterocycles. The molecule has 2 heterocycles. The van der Waals surface area contributed by atoms with E-state index in [1.165, 1.54) is 0 Å². The molecule has 76 valence electrons. The summed E-state index contributed by atoms with van der Waals surface area (Å²) in [7, 11) is 0. The van der Waals surface area contributed by atoms with Gasteiger partial charge in [0.1, 0.15) is 0 Å². The van der Waals surface area contributed by atoms with Crippen LogP contribution in [0.15, 0.2) is 15.8 Å². The van der Waals surface area contributed by atoms with Gasteiger partial charge in [-0.2, -0.15) is 0 Å². The summed E-state index contributed by atoms with van der Waals surface area (Å²) in [6.45, 7) is 1.72. The van der Waals surface area contributed by atoms with E-state index in [9.17, 15) is 9.59 Å². The molecule has 1 fully saturated rings. The van der Waals surface area contributed by atoms with Crippen LogP contribution in [0.5, 0.6) is 0 Å². The third-order valence-corrected chi connectivity index (χ3v) is 3.73. The Hall–Kier alpha value is -0.970. The van der Waals surface area contributed by atoms with Gasteiger partial charge in [-0.05, 0) is 25.5 Å². The van der Waals surface area contributed by atoms with E-state index in [0.29, 0.717) is 5.56 Å². The maximum Gasteiger partial charge on any atom is 0.329 e. The fraction of sp³-hybridized carbons (Fsp3) is 0.556. The lowest BCUT2D eigenvalue weighted by atomic mass is 10.3. The first kappa shape index (κ1) is 9.58. The second kappa shape index (κ2) is 3.65. The quantitative estimate of drug-likeness (QED) is 0.751. The summed E-state index contributed by atoms with van der Waals surface area (Å²) >= 11 is 1.77. The van der Waals surface area contributed by atoms with Crippen LogP contribution in [0.4, 0.5) is 0 Å². The van der Waals surface area contributed by atoms with E-state index >= 15 is 0 Å². The number of thioether (sulfide) groups is 1. The van der Waals surface area contributed by atoms with Crippen molar-refractivity contribution in [1.29, 1.82) is 0 Å². The Morgan fingerprint density at radius 1 is 1.57 bits per heavy atom. The molecule has 0 spiro atoms. The van der Waals surface area contributed by atoms with E-state index in [1.54, 1.807) is 29.4 Å². The van der Waals surface area contributed by atoms with E-state index < -0.39 is 0 Å². The monoisotopic (exact) mass is 212 g/mol. The van der Waals surface area contributed by atoms with Crippen LogP contribution in [0.2, 0.25) is 0 Å². The number of aryl methyl sites for hydroxylation is 1. The van der Waals surface area contributed by atoms with Crippen LogP contribution >= 0.6 is 11.8 Å². The lowest BCUT2D eigenvalue weighted by molar-refractivity contribution is 0.602. The Morgan fingerprint density at radius 3 is 3.00 bits per heavy atom. The summed E-state index contributed by atoms with van der Waals surface area (Å²) in [4.78, 5) is 24.9. The number of rotatable bonds is 1. The van der Waals surface area contributed by atoms with Gasteiger partial charge in [0.2, 0.25) is 0 Å². The van der Waals surface area contributed by atoms with Crippen LogP contribution in [0.25, 0.3) is 0 Å². The van der Waals surface area contributed by atoms with Crippen molar-refractivity contribution >= 4 is 11.8 Å². The first-order chi connectivity index (χ1) is 6.68. The molecule has 0 amide bonds. The van der Waals surface area contributed by atoms with Crippen LogP contribution < -0.4 is 11.2 Å². The summed E-state index contributed by atoms with van der Waals surface area (Å²) in [5.41, 5.74) is 0.0198. The molecule has 1 saturated heterocycles. The maximum absolute atomic E-state index is 11.5. The molecule has 1 aliphatic heterocycles. The number of H-pyrrole nitrogens is 1. The Morgan fingerprint density at radius 2 is 2.36 bits per heavy atom. The van der Waals surface area contributed by atoms with Crippen molar-refractivity contribution in [1.82, 2.24) is 9.55 Å². The molecule has 0 bridgehead atoms. The summed E-state index contributed by atoms with van der Waals surface area (Å²) in [5, 5.41) is 0.207. The molecule has 1 aliphatic rings. The first-order valence-electron chi connectivity index (χ1n) is 4.62. The Balaban J connectivity index is 2.47. The van der Waals surface area contributed by atoms with Crippen molar-refractivity contribution in [2.24, 2.45) is 0 Å². The smallest absolute Gasteiger partial charge is 0.288 e. The molecule has 0 radical (unpaired) electrons. The SMILES string of the molecule is Cc1cn([C@H]2CCCS2)c(=O)[nH]c1=O. The average Bonchev–Trinajstić information content (AvgIpc) is 2.64. The molecule has 0 saturated carbocycles. The van der Waals surface area contributed by atoms with Gasteiger partial charge in [-0.1, -0.05) is 0 Å². The fourth-order valence-electron chi connectivity index (χ4n) is 1.58. The highest BCUT2D eigenvalue weighted by Gasteiger charge is 2.18. The van der Waals surface area contributed by atoms with Gasteiger partial charge in [0, 0.05) is 11.8 Å². The zero-order valence-electron chi connectivity index (χ0n) is 7.95. The predicted molar refractivity (Wildman–Crippen MR) is 56.8 cm³/mol. The number of nitrogens with one attached hydrogen (secondary N) is 1. The minimum absolute atomic E-state index is 0.207. The highest BCUT2D eigenvalue weighted by molar-refractivity contribution is 7.99. The lowest BCUT2D eigenvalue weighted by Crippen LogP contribution is -2.31. The molecule has 0 aromatic carbocycles. The summed E-state index contributed by atoms with van der Waals surface area (Å²) in [5.74, 6) is 1.09. The van der Waals surface area contributed by atoms with Gasteiger partial charge in [0.05, 0.1) is 5.37 Å². The molecule has 14 heavy (non-hydrogen) atoms. The number of aromatic nitrogens is 2. The Bertz CT molecular complexity index is 443. The molecule has 0 unspecified atom stereocenters. The molecule has 0 aliphatic carbocycles. The summed E-state index contributed by atoms with van der Waals surface area (Å²) in [6.07, 6.45) is 3.81. The van der Waals surface area contributed by atoms with Crippen LogP contribution in [-0.4, -0.2) is 15.3 Å². The molecule has 2 rings (SSSR count). The van der Waals surface area contributed by atoms with Gasteiger partial charge < -0.3 is 0 Å². The molecule has 1 atom stereocenters. The number of nitrogens with zero attached hydrogens (tertiary/aromatic N) is 1. The topological polar surface area (TPSA) is 54.9 Å². The maximum atomic E-state index is 11.5. The highest BCUT2D eigenvalue weighted by atomic mass is 32.2. The van der Waals surface area contributed by atoms with Crippen LogP contribution in [0.1, 0.15) is 23.8 Å². The lowest BCUT2D eigenvalue weighted by Gasteiger charge is -2.11. The third-order valence-electron chi connectivity index (χ3n) is 2.36. The van der Waals surface area contributed by atoms with E-state index in [-0.39, 0.29) is 16.6 Å². The fourth-order valence-corrected chi connectivity index (χ4v) is 2.84. The van der Waals surface area contributed by atoms with Crippen molar-refractivity contribution < 1.29 is 0 Å². The zero-order chi connectivity index (χ0) is 10.1. The number of aromatic amines is 1. The van der Waals surface area contributed by atoms with E-state index in [0.717, 1.165) is 18.6 Å². The molecule has 4 nitrogen and oxygen atoms in total. The normalized spacial score (nSPS) is 21.4. The molecular weight excluding hydrogens is 200 g/mol. The van der Waals surface area contributed by atoms with Crippen molar-refractivity contribution in [2.45, 2.75) is 25.1 Å². The van der Waals surface area contributed by atoms with Gasteiger partial charge in [0.25, 0.3) is 5.56 Å². The molecule has 1 N–H and O–H groups in total. The first-order valence-corrected chi connectivity index (χ1v) is 5.67. The highest BCUT2D eigenvalue weighted by Crippen LogP contribution is 2.34. The number of hydrogen-bond donors (Lipinski definition) is 1. The van der Waals surface area contributed by atoms with Crippen LogP contribution in [0, 0.1) is 6.92 Å². The minimum atomic E-state index is -0.292. The van der Waals surface area contributed by atoms with Crippen molar-refractivity contribution in [2.75, 3.05) is 5.75 Å². The molecule has 5 heteroatoms. The van der Waals surface area contributed by atoms with Gasteiger partial charge in [-0.3, -0.25) is 14.3 Å². The molecule has 1 aromatic rings. The van der Waals surface area contributed by atoms with E-state index in [2.05, 4.69) is 4.98 Å². The summed E-state index contributed by atoms with van der Waals surface area (Å²) < 4.78 is 1.63. The van der Waals surface area contributed by atoms with Gasteiger partial charge in [0.15, 0.2) is 0 Å². The second-order valence-electron chi connectivity index (χ2n) is 3.45. The van der Waals surface area contributed by atoms with Gasteiger partial charge in [-0.15, -0.1) is 11.8 Å². The Kier molecular flexibility index (Phi) is 2.50. The van der Waals surface area contributed by atoms with E-state index in [4.69, 9.17) is 0 Å². The third kappa shape index (κ3) is 1.64. The predicted octanol–water partition coefficient (Wildman–Crippen LogP) is 0.871. The summed E-state index contributed by atoms with van der Waals surface area (Å²) in [6, 6.07) is 0. The molecular formula is C9H12N2O2S. The Labute approximate surface area is 85.3 Å². The van der Waals surface area contributed by atoms with Gasteiger partial charge in [-0.25, -0.2) is 4.79 Å². The van der Waals surface area contributed by atoms with Crippen LogP contribution in [-0.2, 0) is 0 Å². The van der Waals surface area contributed by atoms with Gasteiger partial charge >= 0.3 is 5.69 Å². The van der Waals surface area contributed by atoms with Crippen molar-refractivity contribution in [3.8, 4) is 0 Å². The standard InChI is InChI=1S/C9H12N2O2S/c1-6-5-11(7-3-2-4-14-7)9(13)10-8(6)12/h5,7H,2-4H2,1H3,(H,10,12,13)/t7-/m1/s1. The largest absolute Gasteiger partial charge is 0.329 e. The second-order valence-corrected chi connectivity index (χ2v) is 4.73. The van der Waals surface area contributed by atoms with Crippen molar-refractivity contribution in [3.63, 3.8) is 0 Å². The minimum Gasteiger partial charge on any atom is -0.288 e. The average molecular weight is 212 g/mol.